The van der Waals surface area contributed by atoms with Crippen LogP contribution < -0.4 is 11.1 Å². The predicted octanol–water partition coefficient (Wildman–Crippen LogP) is 0.468. The maximum absolute atomic E-state index is 12.0. The molecule has 0 radical (unpaired) electrons. The fraction of sp³-hybridized carbons (Fsp3) is 0.917. The summed E-state index contributed by atoms with van der Waals surface area (Å²) in [6, 6.07) is 0.810. The maximum Gasteiger partial charge on any atom is 0.224 e. The molecule has 0 bridgehead atoms. The lowest BCUT2D eigenvalue weighted by Gasteiger charge is -2.28. The highest BCUT2D eigenvalue weighted by atomic mass is 16.2. The summed E-state index contributed by atoms with van der Waals surface area (Å²) >= 11 is 0. The molecule has 2 fully saturated rings. The van der Waals surface area contributed by atoms with Crippen molar-refractivity contribution in [2.24, 2.45) is 5.73 Å². The zero-order valence-corrected chi connectivity index (χ0v) is 9.95. The number of amides is 1. The van der Waals surface area contributed by atoms with Gasteiger partial charge in [-0.2, -0.15) is 0 Å². The second-order valence-electron chi connectivity index (χ2n) is 5.02. The van der Waals surface area contributed by atoms with Crippen LogP contribution in [0.4, 0.5) is 0 Å². The highest BCUT2D eigenvalue weighted by molar-refractivity contribution is 5.77. The molecule has 0 aromatic heterocycles. The molecule has 1 aliphatic carbocycles. The zero-order valence-electron chi connectivity index (χ0n) is 9.95. The summed E-state index contributed by atoms with van der Waals surface area (Å²) in [4.78, 5) is 14.0. The molecular formula is C12H23N3O. The lowest BCUT2D eigenvalue weighted by atomic mass is 10.1. The number of piperidine rings is 1. The summed E-state index contributed by atoms with van der Waals surface area (Å²) in [6.07, 6.45) is 6.66. The minimum Gasteiger partial charge on any atom is -0.343 e. The second-order valence-corrected chi connectivity index (χ2v) is 5.02. The third kappa shape index (κ3) is 3.46. The topological polar surface area (TPSA) is 58.4 Å². The van der Waals surface area contributed by atoms with Crippen molar-refractivity contribution in [3.63, 3.8) is 0 Å². The Labute approximate surface area is 97.6 Å². The minimum absolute atomic E-state index is 0.182. The van der Waals surface area contributed by atoms with Crippen molar-refractivity contribution in [1.29, 1.82) is 0 Å². The van der Waals surface area contributed by atoms with Crippen molar-refractivity contribution >= 4 is 5.91 Å². The van der Waals surface area contributed by atoms with Gasteiger partial charge in [-0.05, 0) is 32.1 Å². The lowest BCUT2D eigenvalue weighted by Crippen LogP contribution is -2.44. The van der Waals surface area contributed by atoms with E-state index < -0.39 is 0 Å². The molecule has 0 aromatic rings. The van der Waals surface area contributed by atoms with Gasteiger partial charge < -0.3 is 16.0 Å². The van der Waals surface area contributed by atoms with E-state index in [1.54, 1.807) is 0 Å². The number of rotatable bonds is 5. The number of hydrogen-bond donors (Lipinski definition) is 2. The zero-order chi connectivity index (χ0) is 11.4. The van der Waals surface area contributed by atoms with Crippen molar-refractivity contribution < 1.29 is 4.79 Å². The summed E-state index contributed by atoms with van der Waals surface area (Å²) < 4.78 is 0. The normalized spacial score (nSPS) is 23.2. The van der Waals surface area contributed by atoms with Crippen LogP contribution in [-0.2, 0) is 4.79 Å². The Hall–Kier alpha value is -0.610. The minimum atomic E-state index is 0.182. The van der Waals surface area contributed by atoms with E-state index in [9.17, 15) is 4.79 Å². The Morgan fingerprint density at radius 1 is 1.31 bits per heavy atom. The molecule has 1 atom stereocenters. The first-order valence-corrected chi connectivity index (χ1v) is 6.53. The molecule has 16 heavy (non-hydrogen) atoms. The molecule has 1 aliphatic heterocycles. The van der Waals surface area contributed by atoms with Gasteiger partial charge in [0.25, 0.3) is 0 Å². The maximum atomic E-state index is 12.0. The first-order valence-electron chi connectivity index (χ1n) is 6.53. The number of carbonyl (C=O) groups excluding carboxylic acids is 1. The van der Waals surface area contributed by atoms with E-state index in [0.717, 1.165) is 25.9 Å². The van der Waals surface area contributed by atoms with E-state index in [4.69, 9.17) is 5.73 Å². The van der Waals surface area contributed by atoms with Crippen LogP contribution in [0.15, 0.2) is 0 Å². The van der Waals surface area contributed by atoms with Gasteiger partial charge in [0.2, 0.25) is 5.91 Å². The quantitative estimate of drug-likeness (QED) is 0.715. The molecule has 2 aliphatic rings. The Morgan fingerprint density at radius 3 is 2.56 bits per heavy atom. The van der Waals surface area contributed by atoms with Gasteiger partial charge in [-0.1, -0.05) is 0 Å². The predicted molar refractivity (Wildman–Crippen MR) is 64.0 cm³/mol. The molecule has 3 N–H and O–H groups in total. The van der Waals surface area contributed by atoms with Crippen LogP contribution in [0, 0.1) is 0 Å². The Balaban J connectivity index is 1.74. The average molecular weight is 225 g/mol. The van der Waals surface area contributed by atoms with E-state index in [2.05, 4.69) is 5.32 Å². The summed E-state index contributed by atoms with van der Waals surface area (Å²) in [5.74, 6) is 0.281. The van der Waals surface area contributed by atoms with Gasteiger partial charge in [-0.25, -0.2) is 0 Å². The van der Waals surface area contributed by atoms with Gasteiger partial charge >= 0.3 is 0 Å². The van der Waals surface area contributed by atoms with Gasteiger partial charge in [-0.15, -0.1) is 0 Å². The van der Waals surface area contributed by atoms with E-state index >= 15 is 0 Å². The van der Waals surface area contributed by atoms with Crippen LogP contribution in [0.5, 0.6) is 0 Å². The summed E-state index contributed by atoms with van der Waals surface area (Å²) in [5.41, 5.74) is 5.69. The summed E-state index contributed by atoms with van der Waals surface area (Å²) in [7, 11) is 0. The molecule has 1 amide bonds. The molecule has 1 unspecified atom stereocenters. The molecular weight excluding hydrogens is 202 g/mol. The van der Waals surface area contributed by atoms with Crippen molar-refractivity contribution in [2.45, 2.75) is 50.6 Å². The van der Waals surface area contributed by atoms with Crippen LogP contribution in [0.3, 0.4) is 0 Å². The third-order valence-electron chi connectivity index (χ3n) is 3.46. The van der Waals surface area contributed by atoms with Gasteiger partial charge in [-0.3, -0.25) is 4.79 Å². The molecule has 1 heterocycles. The Kier molecular flexibility index (Phi) is 4.18. The molecule has 2 rings (SSSR count). The van der Waals surface area contributed by atoms with Crippen molar-refractivity contribution in [3.8, 4) is 0 Å². The number of carbonyl (C=O) groups is 1. The van der Waals surface area contributed by atoms with Gasteiger partial charge in [0, 0.05) is 38.1 Å². The van der Waals surface area contributed by atoms with E-state index in [1.165, 1.54) is 19.3 Å². The second kappa shape index (κ2) is 5.64. The lowest BCUT2D eigenvalue weighted by molar-refractivity contribution is -0.132. The van der Waals surface area contributed by atoms with Crippen molar-refractivity contribution in [1.82, 2.24) is 10.2 Å². The molecule has 92 valence electrons. The molecule has 4 nitrogen and oxygen atoms in total. The highest BCUT2D eigenvalue weighted by Crippen LogP contribution is 2.20. The fourth-order valence-electron chi connectivity index (χ4n) is 2.28. The molecule has 1 saturated carbocycles. The first kappa shape index (κ1) is 11.9. The van der Waals surface area contributed by atoms with Gasteiger partial charge in [0.1, 0.15) is 0 Å². The third-order valence-corrected chi connectivity index (χ3v) is 3.46. The molecule has 0 aromatic carbocycles. The van der Waals surface area contributed by atoms with Crippen LogP contribution in [0.25, 0.3) is 0 Å². The SMILES string of the molecule is NCC(CC(=O)N1CCCCC1)NC1CC1. The monoisotopic (exact) mass is 225 g/mol. The highest BCUT2D eigenvalue weighted by Gasteiger charge is 2.26. The number of nitrogens with two attached hydrogens (primary N) is 1. The smallest absolute Gasteiger partial charge is 0.224 e. The van der Waals surface area contributed by atoms with Crippen molar-refractivity contribution in [3.05, 3.63) is 0 Å². The van der Waals surface area contributed by atoms with Crippen molar-refractivity contribution in [2.75, 3.05) is 19.6 Å². The van der Waals surface area contributed by atoms with Crippen LogP contribution in [0.2, 0.25) is 0 Å². The van der Waals surface area contributed by atoms with Crippen LogP contribution in [0.1, 0.15) is 38.5 Å². The number of likely N-dealkylation sites (tertiary alicyclic amines) is 1. The van der Waals surface area contributed by atoms with Gasteiger partial charge in [0.05, 0.1) is 0 Å². The largest absolute Gasteiger partial charge is 0.343 e. The Morgan fingerprint density at radius 2 is 2.00 bits per heavy atom. The fourth-order valence-corrected chi connectivity index (χ4v) is 2.28. The summed E-state index contributed by atoms with van der Waals surface area (Å²) in [6.45, 7) is 2.45. The number of hydrogen-bond acceptors (Lipinski definition) is 3. The molecule has 0 spiro atoms. The number of nitrogens with zero attached hydrogens (tertiary/aromatic N) is 1. The average Bonchev–Trinajstić information content (AvgIpc) is 3.13. The molecule has 4 heteroatoms. The van der Waals surface area contributed by atoms with E-state index in [0.29, 0.717) is 19.0 Å². The number of nitrogens with one attached hydrogen (secondary N) is 1. The van der Waals surface area contributed by atoms with E-state index in [1.807, 2.05) is 4.90 Å². The standard InChI is InChI=1S/C12H23N3O/c13-9-11(14-10-4-5-10)8-12(16)15-6-2-1-3-7-15/h10-11,14H,1-9,13H2. The Bertz CT molecular complexity index is 234. The van der Waals surface area contributed by atoms with Crippen LogP contribution in [-0.4, -0.2) is 42.5 Å². The van der Waals surface area contributed by atoms with Crippen LogP contribution >= 0.6 is 0 Å². The first-order chi connectivity index (χ1) is 7.79. The van der Waals surface area contributed by atoms with Gasteiger partial charge in [0.15, 0.2) is 0 Å². The summed E-state index contributed by atoms with van der Waals surface area (Å²) in [5, 5.41) is 3.44. The van der Waals surface area contributed by atoms with E-state index in [-0.39, 0.29) is 11.9 Å². The molecule has 1 saturated heterocycles.